The summed E-state index contributed by atoms with van der Waals surface area (Å²) >= 11 is 0. The Hall–Kier alpha value is -2.73. The van der Waals surface area contributed by atoms with E-state index in [2.05, 4.69) is 5.32 Å². The van der Waals surface area contributed by atoms with Gasteiger partial charge in [0.25, 0.3) is 5.91 Å². The van der Waals surface area contributed by atoms with Gasteiger partial charge in [-0.3, -0.25) is 9.59 Å². The Morgan fingerprint density at radius 3 is 2.83 bits per heavy atom. The molecule has 2 aromatic carbocycles. The van der Waals surface area contributed by atoms with Crippen LogP contribution in [-0.2, 0) is 10.4 Å². The number of hydrogen-bond acceptors (Lipinski definition) is 4. The Balaban J connectivity index is 1.94. The number of methoxy groups -OCH3 is 1. The largest absolute Gasteiger partial charge is 0.497 e. The molecule has 5 nitrogen and oxygen atoms in total. The number of Topliss-reactive ketones (excluding diaryl/α,β-unsaturated/α-hetero) is 1. The Labute approximate surface area is 131 Å². The fourth-order valence-corrected chi connectivity index (χ4v) is 2.62. The second kappa shape index (κ2) is 5.48. The van der Waals surface area contributed by atoms with E-state index in [0.717, 1.165) is 6.07 Å². The first-order chi connectivity index (χ1) is 10.9. The van der Waals surface area contributed by atoms with Crippen LogP contribution in [0.5, 0.6) is 5.75 Å². The summed E-state index contributed by atoms with van der Waals surface area (Å²) in [5.41, 5.74) is -1.41. The Morgan fingerprint density at radius 1 is 1.30 bits per heavy atom. The normalized spacial score (nSPS) is 19.2. The summed E-state index contributed by atoms with van der Waals surface area (Å²) in [6, 6.07) is 9.99. The summed E-state index contributed by atoms with van der Waals surface area (Å²) in [5.74, 6) is -1.29. The third kappa shape index (κ3) is 2.57. The molecule has 3 rings (SSSR count). The van der Waals surface area contributed by atoms with Gasteiger partial charge in [-0.05, 0) is 30.3 Å². The molecule has 0 aromatic heterocycles. The van der Waals surface area contributed by atoms with Crippen LogP contribution in [0.15, 0.2) is 42.5 Å². The fraction of sp³-hybridized carbons (Fsp3) is 0.176. The molecular weight excluding hydrogens is 301 g/mol. The third-order valence-corrected chi connectivity index (χ3v) is 3.86. The van der Waals surface area contributed by atoms with Crippen molar-refractivity contribution in [2.24, 2.45) is 0 Å². The molecule has 2 aromatic rings. The quantitative estimate of drug-likeness (QED) is 0.849. The van der Waals surface area contributed by atoms with Crippen molar-refractivity contribution in [1.82, 2.24) is 0 Å². The molecule has 2 N–H and O–H groups in total. The molecule has 1 amide bonds. The number of halogens is 1. The van der Waals surface area contributed by atoms with Crippen molar-refractivity contribution in [3.63, 3.8) is 0 Å². The molecule has 1 atom stereocenters. The molecule has 1 aliphatic rings. The molecule has 0 fully saturated rings. The topological polar surface area (TPSA) is 75.6 Å². The highest BCUT2D eigenvalue weighted by molar-refractivity contribution is 6.09. The van der Waals surface area contributed by atoms with Gasteiger partial charge in [-0.15, -0.1) is 0 Å². The van der Waals surface area contributed by atoms with Crippen LogP contribution in [0.4, 0.5) is 10.1 Å². The number of fused-ring (bicyclic) bond motifs is 1. The molecule has 0 spiro atoms. The van der Waals surface area contributed by atoms with Crippen LogP contribution in [0.3, 0.4) is 0 Å². The van der Waals surface area contributed by atoms with Crippen molar-refractivity contribution >= 4 is 17.4 Å². The highest BCUT2D eigenvalue weighted by atomic mass is 19.1. The Bertz CT molecular complexity index is 805. The smallest absolute Gasteiger partial charge is 0.261 e. The van der Waals surface area contributed by atoms with Crippen molar-refractivity contribution in [2.75, 3.05) is 12.4 Å². The SMILES string of the molecule is COc1cccc(C(=O)C[C@]2(O)C(=O)Nc3ccc(F)cc32)c1. The second-order valence-corrected chi connectivity index (χ2v) is 5.34. The van der Waals surface area contributed by atoms with Crippen molar-refractivity contribution < 1.29 is 23.8 Å². The number of hydrogen-bond donors (Lipinski definition) is 2. The maximum atomic E-state index is 13.4. The lowest BCUT2D eigenvalue weighted by molar-refractivity contribution is -0.133. The minimum Gasteiger partial charge on any atom is -0.497 e. The van der Waals surface area contributed by atoms with Gasteiger partial charge >= 0.3 is 0 Å². The molecule has 1 aliphatic heterocycles. The lowest BCUT2D eigenvalue weighted by atomic mass is 9.88. The average Bonchev–Trinajstić information content (AvgIpc) is 2.78. The molecule has 0 bridgehead atoms. The summed E-state index contributed by atoms with van der Waals surface area (Å²) < 4.78 is 18.5. The Kier molecular flexibility index (Phi) is 3.61. The van der Waals surface area contributed by atoms with Gasteiger partial charge in [-0.2, -0.15) is 0 Å². The van der Waals surface area contributed by atoms with Crippen molar-refractivity contribution in [3.05, 3.63) is 59.4 Å². The summed E-state index contributed by atoms with van der Waals surface area (Å²) in [5, 5.41) is 13.1. The van der Waals surface area contributed by atoms with Crippen LogP contribution < -0.4 is 10.1 Å². The van der Waals surface area contributed by atoms with E-state index in [1.807, 2.05) is 0 Å². The number of ketones is 1. The molecule has 0 unspecified atom stereocenters. The number of benzene rings is 2. The zero-order valence-electron chi connectivity index (χ0n) is 12.3. The van der Waals surface area contributed by atoms with E-state index in [1.165, 1.54) is 25.3 Å². The zero-order valence-corrected chi connectivity index (χ0v) is 12.3. The van der Waals surface area contributed by atoms with Gasteiger partial charge in [0.1, 0.15) is 11.6 Å². The van der Waals surface area contributed by atoms with Crippen LogP contribution >= 0.6 is 0 Å². The summed E-state index contributed by atoms with van der Waals surface area (Å²) in [6.45, 7) is 0. The molecule has 1 heterocycles. The van der Waals surface area contributed by atoms with Crippen molar-refractivity contribution in [3.8, 4) is 5.75 Å². The van der Waals surface area contributed by atoms with E-state index in [-0.39, 0.29) is 5.56 Å². The van der Waals surface area contributed by atoms with E-state index >= 15 is 0 Å². The standard InChI is InChI=1S/C17H14FNO4/c1-23-12-4-2-3-10(7-12)15(20)9-17(22)13-8-11(18)5-6-14(13)19-16(17)21/h2-8,22H,9H2,1H3,(H,19,21)/t17-/m1/s1. The first-order valence-electron chi connectivity index (χ1n) is 6.95. The van der Waals surface area contributed by atoms with Crippen molar-refractivity contribution in [2.45, 2.75) is 12.0 Å². The maximum Gasteiger partial charge on any atom is 0.261 e. The number of carbonyl (C=O) groups excluding carboxylic acids is 2. The molecule has 0 aliphatic carbocycles. The zero-order chi connectivity index (χ0) is 16.6. The van der Waals surface area contributed by atoms with Gasteiger partial charge in [-0.25, -0.2) is 4.39 Å². The molecule has 23 heavy (non-hydrogen) atoms. The minimum absolute atomic E-state index is 0.0683. The number of nitrogens with one attached hydrogen (secondary N) is 1. The first-order valence-corrected chi connectivity index (χ1v) is 6.95. The van der Waals surface area contributed by atoms with Gasteiger partial charge < -0.3 is 15.2 Å². The van der Waals surface area contributed by atoms with Crippen LogP contribution in [0.1, 0.15) is 22.3 Å². The summed E-state index contributed by atoms with van der Waals surface area (Å²) in [7, 11) is 1.47. The van der Waals surface area contributed by atoms with Crippen molar-refractivity contribution in [1.29, 1.82) is 0 Å². The number of aliphatic hydroxyl groups is 1. The number of amides is 1. The Morgan fingerprint density at radius 2 is 2.09 bits per heavy atom. The molecule has 0 saturated heterocycles. The molecule has 0 radical (unpaired) electrons. The molecule has 6 heteroatoms. The van der Waals surface area contributed by atoms with E-state index in [0.29, 0.717) is 17.0 Å². The predicted molar refractivity (Wildman–Crippen MR) is 80.9 cm³/mol. The van der Waals surface area contributed by atoms with Gasteiger partial charge in [-0.1, -0.05) is 12.1 Å². The van der Waals surface area contributed by atoms with E-state index in [4.69, 9.17) is 4.74 Å². The number of ether oxygens (including phenoxy) is 1. The van der Waals surface area contributed by atoms with Crippen LogP contribution in [-0.4, -0.2) is 23.9 Å². The van der Waals surface area contributed by atoms with E-state index in [1.54, 1.807) is 18.2 Å². The number of rotatable bonds is 4. The monoisotopic (exact) mass is 315 g/mol. The molecule has 0 saturated carbocycles. The third-order valence-electron chi connectivity index (χ3n) is 3.86. The molecule has 118 valence electrons. The van der Waals surface area contributed by atoms with E-state index in [9.17, 15) is 19.1 Å². The highest BCUT2D eigenvalue weighted by Crippen LogP contribution is 2.39. The van der Waals surface area contributed by atoms with Gasteiger partial charge in [0, 0.05) is 16.8 Å². The lowest BCUT2D eigenvalue weighted by Gasteiger charge is -2.20. The minimum atomic E-state index is -2.09. The fourth-order valence-electron chi connectivity index (χ4n) is 2.62. The number of carbonyl (C=O) groups is 2. The lowest BCUT2D eigenvalue weighted by Crippen LogP contribution is -2.36. The summed E-state index contributed by atoms with van der Waals surface area (Å²) in [6.07, 6.45) is -0.484. The van der Waals surface area contributed by atoms with Gasteiger partial charge in [0.05, 0.1) is 13.5 Å². The first kappa shape index (κ1) is 15.2. The van der Waals surface area contributed by atoms with Crippen LogP contribution in [0.2, 0.25) is 0 Å². The second-order valence-electron chi connectivity index (χ2n) is 5.34. The van der Waals surface area contributed by atoms with Gasteiger partial charge in [0.2, 0.25) is 0 Å². The van der Waals surface area contributed by atoms with Crippen LogP contribution in [0.25, 0.3) is 0 Å². The predicted octanol–water partition coefficient (Wildman–Crippen LogP) is 2.25. The van der Waals surface area contributed by atoms with Gasteiger partial charge in [0.15, 0.2) is 11.4 Å². The van der Waals surface area contributed by atoms with Crippen LogP contribution in [0, 0.1) is 5.82 Å². The maximum absolute atomic E-state index is 13.4. The molecular formula is C17H14FNO4. The summed E-state index contributed by atoms with van der Waals surface area (Å²) in [4.78, 5) is 24.5. The van der Waals surface area contributed by atoms with E-state index < -0.39 is 29.5 Å². The highest BCUT2D eigenvalue weighted by Gasteiger charge is 2.47. The number of anilines is 1. The average molecular weight is 315 g/mol.